The summed E-state index contributed by atoms with van der Waals surface area (Å²) in [5, 5.41) is 16.7. The fourth-order valence-corrected chi connectivity index (χ4v) is 2.50. The largest absolute Gasteiger partial charge is 0.379 e. The summed E-state index contributed by atoms with van der Waals surface area (Å²) in [6.07, 6.45) is 0.426. The fraction of sp³-hybridized carbons (Fsp3) is 0.417. The number of halogens is 2. The van der Waals surface area contributed by atoms with E-state index < -0.39 is 5.60 Å². The molecule has 0 spiro atoms. The summed E-state index contributed by atoms with van der Waals surface area (Å²) in [4.78, 5) is 11.8. The van der Waals surface area contributed by atoms with Gasteiger partial charge in [0.25, 0.3) is 5.91 Å². The van der Waals surface area contributed by atoms with Gasteiger partial charge in [-0.2, -0.15) is 0 Å². The lowest BCUT2D eigenvalue weighted by Gasteiger charge is -2.20. The van der Waals surface area contributed by atoms with Gasteiger partial charge in [0.05, 0.1) is 0 Å². The van der Waals surface area contributed by atoms with Gasteiger partial charge in [0.15, 0.2) is 5.60 Å². The summed E-state index contributed by atoms with van der Waals surface area (Å²) in [7, 11) is 0. The van der Waals surface area contributed by atoms with E-state index in [0.29, 0.717) is 29.6 Å². The van der Waals surface area contributed by atoms with E-state index in [0.717, 1.165) is 5.56 Å². The number of β-amino-alcohol motifs (C(OH)–C–C–N with tert-alkyl or cyclic N) is 1. The van der Waals surface area contributed by atoms with Crippen LogP contribution in [0.2, 0.25) is 10.0 Å². The zero-order valence-electron chi connectivity index (χ0n) is 9.67. The lowest BCUT2D eigenvalue weighted by molar-refractivity contribution is -0.138. The first-order valence-electron chi connectivity index (χ1n) is 5.66. The van der Waals surface area contributed by atoms with Crippen molar-refractivity contribution in [3.63, 3.8) is 0 Å². The van der Waals surface area contributed by atoms with Gasteiger partial charge >= 0.3 is 0 Å². The van der Waals surface area contributed by atoms with Crippen molar-refractivity contribution < 1.29 is 9.90 Å². The van der Waals surface area contributed by atoms with Crippen molar-refractivity contribution in [2.75, 3.05) is 13.1 Å². The van der Waals surface area contributed by atoms with Gasteiger partial charge in [-0.05, 0) is 36.7 Å². The Morgan fingerprint density at radius 3 is 2.61 bits per heavy atom. The molecule has 0 radical (unpaired) electrons. The normalized spacial score (nSPS) is 23.1. The average molecular weight is 289 g/mol. The van der Waals surface area contributed by atoms with E-state index in [4.69, 9.17) is 23.2 Å². The van der Waals surface area contributed by atoms with Crippen LogP contribution < -0.4 is 10.6 Å². The van der Waals surface area contributed by atoms with Crippen LogP contribution in [0.15, 0.2) is 18.2 Å². The second-order valence-corrected chi connectivity index (χ2v) is 5.29. The Hall–Kier alpha value is -0.810. The average Bonchev–Trinajstić information content (AvgIpc) is 2.73. The van der Waals surface area contributed by atoms with Gasteiger partial charge in [-0.15, -0.1) is 0 Å². The Labute approximate surface area is 115 Å². The molecule has 1 aliphatic rings. The number of benzene rings is 1. The van der Waals surface area contributed by atoms with Crippen molar-refractivity contribution in [3.8, 4) is 0 Å². The summed E-state index contributed by atoms with van der Waals surface area (Å²) >= 11 is 11.7. The summed E-state index contributed by atoms with van der Waals surface area (Å²) in [6.45, 7) is 1.23. The van der Waals surface area contributed by atoms with Crippen molar-refractivity contribution in [2.24, 2.45) is 0 Å². The summed E-state index contributed by atoms with van der Waals surface area (Å²) < 4.78 is 0. The molecule has 1 aromatic carbocycles. The second-order valence-electron chi connectivity index (χ2n) is 4.42. The number of carbonyl (C=O) groups is 1. The summed E-state index contributed by atoms with van der Waals surface area (Å²) in [5.74, 6) is -0.372. The molecule has 6 heteroatoms. The molecule has 1 atom stereocenters. The van der Waals surface area contributed by atoms with Crippen molar-refractivity contribution in [1.82, 2.24) is 10.6 Å². The minimum atomic E-state index is -1.30. The van der Waals surface area contributed by atoms with E-state index in [9.17, 15) is 9.90 Å². The topological polar surface area (TPSA) is 61.4 Å². The smallest absolute Gasteiger partial charge is 0.253 e. The predicted octanol–water partition coefficient (Wildman–Crippen LogP) is 1.33. The van der Waals surface area contributed by atoms with Crippen molar-refractivity contribution in [3.05, 3.63) is 33.8 Å². The number of rotatable bonds is 3. The van der Waals surface area contributed by atoms with Crippen molar-refractivity contribution >= 4 is 29.1 Å². The highest BCUT2D eigenvalue weighted by Gasteiger charge is 2.38. The fourth-order valence-electron chi connectivity index (χ4n) is 1.93. The molecule has 1 aliphatic heterocycles. The Morgan fingerprint density at radius 1 is 1.39 bits per heavy atom. The number of nitrogens with one attached hydrogen (secondary N) is 2. The number of hydrogen-bond donors (Lipinski definition) is 3. The Kier molecular flexibility index (Phi) is 4.12. The first-order valence-corrected chi connectivity index (χ1v) is 6.41. The Balaban J connectivity index is 1.97. The van der Waals surface area contributed by atoms with E-state index in [2.05, 4.69) is 10.6 Å². The summed E-state index contributed by atoms with van der Waals surface area (Å²) in [6, 6.07) is 5.08. The number of carbonyl (C=O) groups excluding carboxylic acids is 1. The Morgan fingerprint density at radius 2 is 2.06 bits per heavy atom. The highest BCUT2D eigenvalue weighted by atomic mass is 35.5. The lowest BCUT2D eigenvalue weighted by atomic mass is 10.0. The first kappa shape index (κ1) is 13.6. The molecule has 0 saturated carbocycles. The van der Waals surface area contributed by atoms with E-state index >= 15 is 0 Å². The molecule has 18 heavy (non-hydrogen) atoms. The molecule has 98 valence electrons. The Bertz CT molecular complexity index is 439. The molecule has 4 nitrogen and oxygen atoms in total. The molecule has 1 saturated heterocycles. The van der Waals surface area contributed by atoms with Crippen LogP contribution in [0.1, 0.15) is 12.0 Å². The predicted molar refractivity (Wildman–Crippen MR) is 70.7 cm³/mol. The molecule has 3 N–H and O–H groups in total. The molecular weight excluding hydrogens is 275 g/mol. The zero-order valence-corrected chi connectivity index (χ0v) is 11.2. The van der Waals surface area contributed by atoms with Crippen LogP contribution in [0.3, 0.4) is 0 Å². The number of amides is 1. The summed E-state index contributed by atoms with van der Waals surface area (Å²) in [5.41, 5.74) is -0.502. The molecule has 1 heterocycles. The highest BCUT2D eigenvalue weighted by Crippen LogP contribution is 2.19. The van der Waals surface area contributed by atoms with Gasteiger partial charge in [0.2, 0.25) is 0 Å². The highest BCUT2D eigenvalue weighted by molar-refractivity contribution is 6.34. The molecule has 1 fully saturated rings. The van der Waals surface area contributed by atoms with E-state index in [1.54, 1.807) is 18.2 Å². The van der Waals surface area contributed by atoms with Gasteiger partial charge in [0.1, 0.15) is 0 Å². The molecular formula is C12H14Cl2N2O2. The van der Waals surface area contributed by atoms with Crippen LogP contribution in [0.25, 0.3) is 0 Å². The lowest BCUT2D eigenvalue weighted by Crippen LogP contribution is -2.48. The van der Waals surface area contributed by atoms with Gasteiger partial charge in [-0.1, -0.05) is 23.2 Å². The second kappa shape index (κ2) is 5.45. The maximum Gasteiger partial charge on any atom is 0.253 e. The monoisotopic (exact) mass is 288 g/mol. The quantitative estimate of drug-likeness (QED) is 0.787. The molecule has 0 bridgehead atoms. The molecule has 1 aromatic rings. The van der Waals surface area contributed by atoms with Crippen molar-refractivity contribution in [2.45, 2.75) is 18.6 Å². The zero-order chi connectivity index (χ0) is 13.2. The van der Waals surface area contributed by atoms with E-state index in [-0.39, 0.29) is 12.5 Å². The molecule has 1 amide bonds. The van der Waals surface area contributed by atoms with Gasteiger partial charge in [-0.3, -0.25) is 4.79 Å². The number of hydrogen-bond acceptors (Lipinski definition) is 3. The molecule has 0 aromatic heterocycles. The SMILES string of the molecule is O=C(NCc1cc(Cl)cc(Cl)c1)C1(O)CCNC1. The van der Waals surface area contributed by atoms with Crippen molar-refractivity contribution in [1.29, 1.82) is 0 Å². The minimum absolute atomic E-state index is 0.287. The third-order valence-corrected chi connectivity index (χ3v) is 3.37. The first-order chi connectivity index (χ1) is 8.49. The van der Waals surface area contributed by atoms with Gasteiger partial charge in [0, 0.05) is 23.1 Å². The minimum Gasteiger partial charge on any atom is -0.379 e. The standard InChI is InChI=1S/C12H14Cl2N2O2/c13-9-3-8(4-10(14)5-9)6-16-11(17)12(18)1-2-15-7-12/h3-5,15,18H,1-2,6-7H2,(H,16,17). The van der Waals surface area contributed by atoms with Crippen LogP contribution in [-0.2, 0) is 11.3 Å². The van der Waals surface area contributed by atoms with Gasteiger partial charge < -0.3 is 15.7 Å². The van der Waals surface area contributed by atoms with Crippen LogP contribution in [-0.4, -0.2) is 29.7 Å². The van der Waals surface area contributed by atoms with Crippen LogP contribution >= 0.6 is 23.2 Å². The van der Waals surface area contributed by atoms with Gasteiger partial charge in [-0.25, -0.2) is 0 Å². The number of aliphatic hydroxyl groups is 1. The third-order valence-electron chi connectivity index (χ3n) is 2.93. The maximum atomic E-state index is 11.8. The third kappa shape index (κ3) is 3.14. The van der Waals surface area contributed by atoms with E-state index in [1.165, 1.54) is 0 Å². The van der Waals surface area contributed by atoms with E-state index in [1.807, 2.05) is 0 Å². The van der Waals surface area contributed by atoms with Crippen LogP contribution in [0.4, 0.5) is 0 Å². The maximum absolute atomic E-state index is 11.8. The van der Waals surface area contributed by atoms with Crippen LogP contribution in [0.5, 0.6) is 0 Å². The molecule has 2 rings (SSSR count). The van der Waals surface area contributed by atoms with Crippen LogP contribution in [0, 0.1) is 0 Å². The molecule has 0 aliphatic carbocycles. The molecule has 1 unspecified atom stereocenters.